The Bertz CT molecular complexity index is 585. The van der Waals surface area contributed by atoms with Gasteiger partial charge in [0.05, 0.1) is 6.61 Å². The lowest BCUT2D eigenvalue weighted by Crippen LogP contribution is -2.29. The van der Waals surface area contributed by atoms with Crippen LogP contribution in [0.3, 0.4) is 0 Å². The van der Waals surface area contributed by atoms with Gasteiger partial charge in [0.1, 0.15) is 5.75 Å². The van der Waals surface area contributed by atoms with Crippen LogP contribution in [0.5, 0.6) is 5.75 Å². The molecule has 2 heterocycles. The first-order valence-electron chi connectivity index (χ1n) is 8.10. The van der Waals surface area contributed by atoms with Gasteiger partial charge < -0.3 is 9.64 Å². The predicted molar refractivity (Wildman–Crippen MR) is 89.2 cm³/mol. The zero-order valence-corrected chi connectivity index (χ0v) is 13.2. The molecule has 3 heteroatoms. The second kappa shape index (κ2) is 7.41. The number of rotatable bonds is 5. The zero-order chi connectivity index (χ0) is 15.2. The van der Waals surface area contributed by atoms with Crippen molar-refractivity contribution in [3.05, 3.63) is 59.9 Å². The third kappa shape index (κ3) is 4.08. The summed E-state index contributed by atoms with van der Waals surface area (Å²) in [6.07, 6.45) is 5.12. The molecule has 1 aliphatic heterocycles. The Morgan fingerprint density at radius 2 is 2.05 bits per heavy atom. The van der Waals surface area contributed by atoms with Gasteiger partial charge in [-0.3, -0.25) is 4.98 Å². The van der Waals surface area contributed by atoms with Gasteiger partial charge >= 0.3 is 0 Å². The van der Waals surface area contributed by atoms with Crippen molar-refractivity contribution in [1.29, 1.82) is 0 Å². The number of hydrogen-bond acceptors (Lipinski definition) is 3. The standard InChI is InChI=1S/C19H24N2O/c1-21(12-9-18-7-4-5-11-20-18)15-16-10-13-22-19-8-3-2-6-17(19)14-16/h2-8,11,16H,9-10,12-15H2,1H3/t16-/m1/s1. The van der Waals surface area contributed by atoms with Crippen LogP contribution in [0.15, 0.2) is 48.7 Å². The SMILES string of the molecule is CN(CCc1ccccn1)C[C@@H]1CCOc2ccccc2C1. The predicted octanol–water partition coefficient (Wildman–Crippen LogP) is 3.20. The van der Waals surface area contributed by atoms with E-state index >= 15 is 0 Å². The van der Waals surface area contributed by atoms with Crippen LogP contribution in [-0.4, -0.2) is 36.6 Å². The molecule has 0 fully saturated rings. The van der Waals surface area contributed by atoms with Gasteiger partial charge in [0.25, 0.3) is 0 Å². The maximum Gasteiger partial charge on any atom is 0.122 e. The number of para-hydroxylation sites is 1. The highest BCUT2D eigenvalue weighted by molar-refractivity contribution is 5.34. The highest BCUT2D eigenvalue weighted by atomic mass is 16.5. The molecule has 0 unspecified atom stereocenters. The quantitative estimate of drug-likeness (QED) is 0.847. The van der Waals surface area contributed by atoms with Crippen LogP contribution >= 0.6 is 0 Å². The topological polar surface area (TPSA) is 25.4 Å². The number of fused-ring (bicyclic) bond motifs is 1. The van der Waals surface area contributed by atoms with Crippen LogP contribution in [0.4, 0.5) is 0 Å². The maximum absolute atomic E-state index is 5.86. The van der Waals surface area contributed by atoms with Crippen molar-refractivity contribution in [3.8, 4) is 5.75 Å². The fraction of sp³-hybridized carbons (Fsp3) is 0.421. The van der Waals surface area contributed by atoms with Gasteiger partial charge in [-0.25, -0.2) is 0 Å². The molecule has 3 nitrogen and oxygen atoms in total. The van der Waals surface area contributed by atoms with E-state index in [1.165, 1.54) is 11.3 Å². The molecule has 3 rings (SSSR count). The van der Waals surface area contributed by atoms with Crippen molar-refractivity contribution in [2.24, 2.45) is 5.92 Å². The van der Waals surface area contributed by atoms with Crippen LogP contribution in [0.1, 0.15) is 17.7 Å². The molecule has 0 bridgehead atoms. The molecule has 0 aliphatic carbocycles. The summed E-state index contributed by atoms with van der Waals surface area (Å²) < 4.78 is 5.86. The molecule has 0 saturated carbocycles. The van der Waals surface area contributed by atoms with E-state index in [0.717, 1.165) is 44.7 Å². The van der Waals surface area contributed by atoms with E-state index in [1.54, 1.807) is 0 Å². The van der Waals surface area contributed by atoms with Crippen molar-refractivity contribution in [2.45, 2.75) is 19.3 Å². The summed E-state index contributed by atoms with van der Waals surface area (Å²) in [5.74, 6) is 1.73. The summed E-state index contributed by atoms with van der Waals surface area (Å²) in [5, 5.41) is 0. The highest BCUT2D eigenvalue weighted by Crippen LogP contribution is 2.26. The summed E-state index contributed by atoms with van der Waals surface area (Å²) in [6, 6.07) is 14.6. The summed E-state index contributed by atoms with van der Waals surface area (Å²) in [6.45, 7) is 3.00. The van der Waals surface area contributed by atoms with Gasteiger partial charge in [0, 0.05) is 31.4 Å². The lowest BCUT2D eigenvalue weighted by molar-refractivity contribution is 0.240. The van der Waals surface area contributed by atoms with E-state index in [9.17, 15) is 0 Å². The largest absolute Gasteiger partial charge is 0.493 e. The molecule has 0 amide bonds. The van der Waals surface area contributed by atoms with Gasteiger partial charge in [0.15, 0.2) is 0 Å². The number of likely N-dealkylation sites (N-methyl/N-ethyl adjacent to an activating group) is 1. The molecule has 0 spiro atoms. The Labute approximate surface area is 132 Å². The smallest absolute Gasteiger partial charge is 0.122 e. The van der Waals surface area contributed by atoms with Crippen LogP contribution in [0.25, 0.3) is 0 Å². The number of ether oxygens (including phenoxy) is 1. The molecule has 1 atom stereocenters. The molecule has 1 aromatic heterocycles. The first-order valence-corrected chi connectivity index (χ1v) is 8.10. The molecule has 2 aromatic rings. The fourth-order valence-corrected chi connectivity index (χ4v) is 3.10. The molecule has 1 aromatic carbocycles. The first kappa shape index (κ1) is 15.0. The molecule has 0 N–H and O–H groups in total. The summed E-state index contributed by atoms with van der Waals surface area (Å²) in [7, 11) is 2.21. The van der Waals surface area contributed by atoms with Crippen molar-refractivity contribution >= 4 is 0 Å². The van der Waals surface area contributed by atoms with Crippen LogP contribution in [0.2, 0.25) is 0 Å². The van der Waals surface area contributed by atoms with E-state index in [-0.39, 0.29) is 0 Å². The lowest BCUT2D eigenvalue weighted by atomic mass is 9.96. The summed E-state index contributed by atoms with van der Waals surface area (Å²) in [5.41, 5.74) is 2.52. The molecule has 0 radical (unpaired) electrons. The number of nitrogens with zero attached hydrogens (tertiary/aromatic N) is 2. The van der Waals surface area contributed by atoms with Crippen molar-refractivity contribution in [3.63, 3.8) is 0 Å². The minimum Gasteiger partial charge on any atom is -0.493 e. The van der Waals surface area contributed by atoms with E-state index in [4.69, 9.17) is 4.74 Å². The number of hydrogen-bond donors (Lipinski definition) is 0. The molecule has 1 aliphatic rings. The lowest BCUT2D eigenvalue weighted by Gasteiger charge is -2.22. The molecule has 22 heavy (non-hydrogen) atoms. The Morgan fingerprint density at radius 1 is 1.18 bits per heavy atom. The van der Waals surface area contributed by atoms with Crippen LogP contribution in [0, 0.1) is 5.92 Å². The van der Waals surface area contributed by atoms with Gasteiger partial charge in [0.2, 0.25) is 0 Å². The zero-order valence-electron chi connectivity index (χ0n) is 13.2. The Morgan fingerprint density at radius 3 is 2.91 bits per heavy atom. The van der Waals surface area contributed by atoms with Crippen molar-refractivity contribution < 1.29 is 4.74 Å². The van der Waals surface area contributed by atoms with E-state index < -0.39 is 0 Å². The van der Waals surface area contributed by atoms with Crippen LogP contribution < -0.4 is 4.74 Å². The van der Waals surface area contributed by atoms with Crippen LogP contribution in [-0.2, 0) is 12.8 Å². The Hall–Kier alpha value is -1.87. The second-order valence-corrected chi connectivity index (χ2v) is 6.15. The number of benzene rings is 1. The van der Waals surface area contributed by atoms with E-state index in [1.807, 2.05) is 12.3 Å². The molecular formula is C19H24N2O. The number of pyridine rings is 1. The fourth-order valence-electron chi connectivity index (χ4n) is 3.10. The Kier molecular flexibility index (Phi) is 5.07. The average molecular weight is 296 g/mol. The monoisotopic (exact) mass is 296 g/mol. The molecule has 0 saturated heterocycles. The van der Waals surface area contributed by atoms with Crippen molar-refractivity contribution in [2.75, 3.05) is 26.7 Å². The third-order valence-corrected chi connectivity index (χ3v) is 4.31. The molecular weight excluding hydrogens is 272 g/mol. The molecule has 116 valence electrons. The van der Waals surface area contributed by atoms with E-state index in [0.29, 0.717) is 5.92 Å². The number of aromatic nitrogens is 1. The first-order chi connectivity index (χ1) is 10.8. The summed E-state index contributed by atoms with van der Waals surface area (Å²) >= 11 is 0. The normalized spacial score (nSPS) is 17.6. The summed E-state index contributed by atoms with van der Waals surface area (Å²) in [4.78, 5) is 6.82. The minimum absolute atomic E-state index is 0.664. The van der Waals surface area contributed by atoms with Crippen molar-refractivity contribution in [1.82, 2.24) is 9.88 Å². The van der Waals surface area contributed by atoms with Gasteiger partial charge in [-0.05, 0) is 49.6 Å². The van der Waals surface area contributed by atoms with Gasteiger partial charge in [-0.2, -0.15) is 0 Å². The highest BCUT2D eigenvalue weighted by Gasteiger charge is 2.18. The average Bonchev–Trinajstić information content (AvgIpc) is 2.75. The third-order valence-electron chi connectivity index (χ3n) is 4.31. The minimum atomic E-state index is 0.664. The maximum atomic E-state index is 5.86. The second-order valence-electron chi connectivity index (χ2n) is 6.15. The van der Waals surface area contributed by atoms with E-state index in [2.05, 4.69) is 53.3 Å². The van der Waals surface area contributed by atoms with Gasteiger partial charge in [-0.1, -0.05) is 24.3 Å². The van der Waals surface area contributed by atoms with Gasteiger partial charge in [-0.15, -0.1) is 0 Å². The Balaban J connectivity index is 1.52.